The summed E-state index contributed by atoms with van der Waals surface area (Å²) in [4.78, 5) is 11.6. The molecule has 0 aromatic heterocycles. The molecular formula is C9H19NO2SSi. The summed E-state index contributed by atoms with van der Waals surface area (Å²) in [5.41, 5.74) is 0. The van der Waals surface area contributed by atoms with Crippen LogP contribution in [-0.2, 0) is 9.22 Å². The first-order chi connectivity index (χ1) is 6.59. The molecule has 0 aliphatic heterocycles. The summed E-state index contributed by atoms with van der Waals surface area (Å²) >= 11 is 5.07. The molecule has 0 rings (SSSR count). The lowest BCUT2D eigenvalue weighted by Gasteiger charge is -2.11. The summed E-state index contributed by atoms with van der Waals surface area (Å²) in [7, 11) is 0.808. The first-order valence-electron chi connectivity index (χ1n) is 4.86. The van der Waals surface area contributed by atoms with Crippen LogP contribution in [0.5, 0.6) is 0 Å². The Hall–Kier alpha value is -0.263. The summed E-state index contributed by atoms with van der Waals surface area (Å²) in [5.74, 6) is -0.0368. The van der Waals surface area contributed by atoms with Gasteiger partial charge in [0, 0.05) is 13.2 Å². The van der Waals surface area contributed by atoms with E-state index in [9.17, 15) is 4.79 Å². The maximum Gasteiger partial charge on any atom is 0.145 e. The molecule has 1 N–H and O–H groups in total. The van der Waals surface area contributed by atoms with Crippen molar-refractivity contribution in [2.24, 2.45) is 5.92 Å². The molecule has 1 unspecified atom stereocenters. The maximum atomic E-state index is 11.0. The minimum atomic E-state index is -0.153. The summed E-state index contributed by atoms with van der Waals surface area (Å²) in [5, 5.41) is 3.09. The van der Waals surface area contributed by atoms with Gasteiger partial charge in [0.25, 0.3) is 0 Å². The van der Waals surface area contributed by atoms with E-state index in [0.29, 0.717) is 4.99 Å². The van der Waals surface area contributed by atoms with Crippen LogP contribution < -0.4 is 5.32 Å². The van der Waals surface area contributed by atoms with Gasteiger partial charge < -0.3 is 9.74 Å². The van der Waals surface area contributed by atoms with Gasteiger partial charge in [-0.25, -0.2) is 0 Å². The lowest BCUT2D eigenvalue weighted by Crippen LogP contribution is -2.31. The van der Waals surface area contributed by atoms with Crippen LogP contribution in [0.4, 0.5) is 0 Å². The van der Waals surface area contributed by atoms with Crippen LogP contribution in [-0.4, -0.2) is 34.4 Å². The van der Waals surface area contributed by atoms with Crippen molar-refractivity contribution in [1.82, 2.24) is 5.32 Å². The number of Topliss-reactive ketones (excluding diaryl/α,β-unsaturated/α-hetero) is 1. The highest BCUT2D eigenvalue weighted by molar-refractivity contribution is 7.80. The van der Waals surface area contributed by atoms with Crippen molar-refractivity contribution in [1.29, 1.82) is 0 Å². The van der Waals surface area contributed by atoms with Gasteiger partial charge in [0.15, 0.2) is 0 Å². The average Bonchev–Trinajstić information content (AvgIpc) is 2.16. The number of ketones is 1. The van der Waals surface area contributed by atoms with Crippen LogP contribution in [0.3, 0.4) is 0 Å². The Kier molecular flexibility index (Phi) is 7.93. The average molecular weight is 233 g/mol. The number of nitrogens with one attached hydrogen (secondary N) is 1. The van der Waals surface area contributed by atoms with E-state index in [2.05, 4.69) is 5.32 Å². The number of unbranched alkanes of at least 4 members (excludes halogenated alkanes) is 1. The molecule has 3 nitrogen and oxygen atoms in total. The number of rotatable bonds is 7. The standard InChI is InChI=1S/C9H19NO2SSi/c1-7(8(2)11)9(13)10-5-3-4-6-12-14/h7H,3-6H2,1-2,14H3,(H,10,13). The predicted molar refractivity (Wildman–Crippen MR) is 65.6 cm³/mol. The maximum absolute atomic E-state index is 11.0. The molecule has 0 aromatic rings. The highest BCUT2D eigenvalue weighted by Crippen LogP contribution is 1.98. The first-order valence-corrected chi connectivity index (χ1v) is 6.09. The number of hydrogen-bond donors (Lipinski definition) is 1. The van der Waals surface area contributed by atoms with Gasteiger partial charge in [-0.15, -0.1) is 0 Å². The van der Waals surface area contributed by atoms with Gasteiger partial charge in [-0.2, -0.15) is 0 Å². The van der Waals surface area contributed by atoms with Gasteiger partial charge in [0.1, 0.15) is 16.3 Å². The van der Waals surface area contributed by atoms with E-state index in [1.807, 2.05) is 6.92 Å². The van der Waals surface area contributed by atoms with Crippen LogP contribution in [0.25, 0.3) is 0 Å². The molecule has 0 fully saturated rings. The van der Waals surface area contributed by atoms with Crippen molar-refractivity contribution < 1.29 is 9.22 Å². The second-order valence-corrected chi connectivity index (χ2v) is 4.34. The topological polar surface area (TPSA) is 38.3 Å². The van der Waals surface area contributed by atoms with Gasteiger partial charge in [0.05, 0.1) is 10.9 Å². The number of thiocarbonyl (C=S) groups is 1. The van der Waals surface area contributed by atoms with Crippen LogP contribution in [0.1, 0.15) is 26.7 Å². The van der Waals surface area contributed by atoms with E-state index in [-0.39, 0.29) is 11.7 Å². The molecule has 14 heavy (non-hydrogen) atoms. The van der Waals surface area contributed by atoms with Crippen molar-refractivity contribution in [3.8, 4) is 0 Å². The molecule has 1 atom stereocenters. The van der Waals surface area contributed by atoms with E-state index >= 15 is 0 Å². The van der Waals surface area contributed by atoms with E-state index < -0.39 is 0 Å². The second kappa shape index (κ2) is 8.08. The molecule has 0 radical (unpaired) electrons. The van der Waals surface area contributed by atoms with Gasteiger partial charge in [-0.3, -0.25) is 4.79 Å². The Morgan fingerprint density at radius 1 is 1.57 bits per heavy atom. The minimum Gasteiger partial charge on any atom is -0.428 e. The molecule has 0 spiro atoms. The van der Waals surface area contributed by atoms with Crippen molar-refractivity contribution in [2.75, 3.05) is 13.2 Å². The number of hydrogen-bond acceptors (Lipinski definition) is 3. The van der Waals surface area contributed by atoms with Gasteiger partial charge >= 0.3 is 0 Å². The third-order valence-corrected chi connectivity index (χ3v) is 2.98. The fraction of sp³-hybridized carbons (Fsp3) is 0.778. The largest absolute Gasteiger partial charge is 0.428 e. The highest BCUT2D eigenvalue weighted by Gasteiger charge is 2.12. The molecule has 0 aliphatic rings. The number of carbonyl (C=O) groups is 1. The molecule has 0 bridgehead atoms. The molecule has 0 saturated carbocycles. The number of carbonyl (C=O) groups excluding carboxylic acids is 1. The van der Waals surface area contributed by atoms with Crippen molar-refractivity contribution in [3.63, 3.8) is 0 Å². The van der Waals surface area contributed by atoms with E-state index in [1.54, 1.807) is 6.92 Å². The van der Waals surface area contributed by atoms with Crippen LogP contribution in [0.15, 0.2) is 0 Å². The third kappa shape index (κ3) is 6.23. The van der Waals surface area contributed by atoms with Crippen LogP contribution >= 0.6 is 12.2 Å². The zero-order valence-electron chi connectivity index (χ0n) is 9.13. The predicted octanol–water partition coefficient (Wildman–Crippen LogP) is 0.206. The Morgan fingerprint density at radius 3 is 2.71 bits per heavy atom. The normalized spacial score (nSPS) is 12.4. The minimum absolute atomic E-state index is 0.116. The lowest BCUT2D eigenvalue weighted by molar-refractivity contribution is -0.118. The van der Waals surface area contributed by atoms with Crippen molar-refractivity contribution >= 4 is 33.5 Å². The quantitative estimate of drug-likeness (QED) is 0.387. The first kappa shape index (κ1) is 13.7. The van der Waals surface area contributed by atoms with E-state index in [4.69, 9.17) is 16.6 Å². The monoisotopic (exact) mass is 233 g/mol. The molecule has 0 amide bonds. The second-order valence-electron chi connectivity index (χ2n) is 3.32. The van der Waals surface area contributed by atoms with Gasteiger partial charge in [-0.05, 0) is 26.7 Å². The van der Waals surface area contributed by atoms with Gasteiger partial charge in [-0.1, -0.05) is 12.2 Å². The molecule has 82 valence electrons. The fourth-order valence-electron chi connectivity index (χ4n) is 0.921. The summed E-state index contributed by atoms with van der Waals surface area (Å²) in [6.07, 6.45) is 2.08. The lowest BCUT2D eigenvalue weighted by atomic mass is 10.1. The summed E-state index contributed by atoms with van der Waals surface area (Å²) in [6.45, 7) is 5.07. The molecule has 0 aliphatic carbocycles. The Labute approximate surface area is 94.1 Å². The fourth-order valence-corrected chi connectivity index (χ4v) is 1.48. The third-order valence-electron chi connectivity index (χ3n) is 2.08. The molecule has 0 heterocycles. The zero-order chi connectivity index (χ0) is 11.0. The molecular weight excluding hydrogens is 214 g/mol. The van der Waals surface area contributed by atoms with Crippen LogP contribution in [0.2, 0.25) is 0 Å². The SMILES string of the molecule is CC(=O)C(C)C(=S)NCCCCO[SiH3]. The van der Waals surface area contributed by atoms with Crippen molar-refractivity contribution in [3.05, 3.63) is 0 Å². The van der Waals surface area contributed by atoms with Crippen molar-refractivity contribution in [2.45, 2.75) is 26.7 Å². The molecule has 0 aromatic carbocycles. The zero-order valence-corrected chi connectivity index (χ0v) is 11.9. The van der Waals surface area contributed by atoms with E-state index in [0.717, 1.165) is 36.5 Å². The summed E-state index contributed by atoms with van der Waals surface area (Å²) < 4.78 is 5.06. The summed E-state index contributed by atoms with van der Waals surface area (Å²) in [6, 6.07) is 0. The highest BCUT2D eigenvalue weighted by atomic mass is 32.1. The smallest absolute Gasteiger partial charge is 0.145 e. The Balaban J connectivity index is 3.49. The van der Waals surface area contributed by atoms with E-state index in [1.165, 1.54) is 0 Å². The van der Waals surface area contributed by atoms with Crippen LogP contribution in [0, 0.1) is 5.92 Å². The van der Waals surface area contributed by atoms with Gasteiger partial charge in [0.2, 0.25) is 0 Å². The molecule has 5 heteroatoms. The Bertz CT molecular complexity index is 199. The molecule has 0 saturated heterocycles. The Morgan fingerprint density at radius 2 is 2.21 bits per heavy atom.